The Hall–Kier alpha value is -4.15. The zero-order valence-corrected chi connectivity index (χ0v) is 28.1. The number of sulfonamides is 1. The number of amides is 2. The third kappa shape index (κ3) is 8.95. The molecule has 0 aliphatic carbocycles. The maximum absolute atomic E-state index is 14.5. The van der Waals surface area contributed by atoms with Crippen molar-refractivity contribution in [2.45, 2.75) is 44.2 Å². The van der Waals surface area contributed by atoms with Crippen molar-refractivity contribution in [3.63, 3.8) is 0 Å². The summed E-state index contributed by atoms with van der Waals surface area (Å²) < 4.78 is 35.5. The van der Waals surface area contributed by atoms with Crippen LogP contribution in [0.25, 0.3) is 0 Å². The van der Waals surface area contributed by atoms with E-state index >= 15 is 0 Å². The van der Waals surface area contributed by atoms with Gasteiger partial charge in [0.15, 0.2) is 0 Å². The lowest BCUT2D eigenvalue weighted by atomic mass is 10.0. The van der Waals surface area contributed by atoms with E-state index in [2.05, 4.69) is 21.2 Å². The monoisotopic (exact) mass is 691 g/mol. The summed E-state index contributed by atoms with van der Waals surface area (Å²) in [6.07, 6.45) is 0.983. The van der Waals surface area contributed by atoms with E-state index in [4.69, 9.17) is 4.74 Å². The van der Waals surface area contributed by atoms with E-state index in [1.165, 1.54) is 24.1 Å². The maximum atomic E-state index is 14.5. The molecule has 4 aromatic rings. The molecule has 45 heavy (non-hydrogen) atoms. The van der Waals surface area contributed by atoms with Gasteiger partial charge < -0.3 is 15.0 Å². The van der Waals surface area contributed by atoms with Gasteiger partial charge in [-0.05, 0) is 73.0 Å². The van der Waals surface area contributed by atoms with Crippen molar-refractivity contribution in [2.75, 3.05) is 24.5 Å². The van der Waals surface area contributed by atoms with Crippen LogP contribution in [0.3, 0.4) is 0 Å². The van der Waals surface area contributed by atoms with Crippen LogP contribution in [-0.4, -0.2) is 51.4 Å². The molecule has 0 aliphatic heterocycles. The molecular formula is C35H38BrN3O5S. The maximum Gasteiger partial charge on any atom is 0.264 e. The number of ether oxygens (including phenoxy) is 1. The average Bonchev–Trinajstić information content (AvgIpc) is 3.05. The minimum atomic E-state index is -4.18. The van der Waals surface area contributed by atoms with E-state index in [1.54, 1.807) is 36.4 Å². The highest BCUT2D eigenvalue weighted by molar-refractivity contribution is 9.10. The summed E-state index contributed by atoms with van der Waals surface area (Å²) in [5.74, 6) is -0.272. The van der Waals surface area contributed by atoms with Crippen LogP contribution in [0.1, 0.15) is 30.0 Å². The quantitative estimate of drug-likeness (QED) is 0.172. The van der Waals surface area contributed by atoms with Gasteiger partial charge in [0.25, 0.3) is 10.0 Å². The van der Waals surface area contributed by atoms with Crippen molar-refractivity contribution in [2.24, 2.45) is 0 Å². The zero-order chi connectivity index (χ0) is 32.4. The number of carbonyl (C=O) groups is 2. The van der Waals surface area contributed by atoms with Crippen molar-refractivity contribution in [1.82, 2.24) is 10.2 Å². The fourth-order valence-corrected chi connectivity index (χ4v) is 6.50. The third-order valence-corrected chi connectivity index (χ3v) is 9.65. The van der Waals surface area contributed by atoms with Crippen molar-refractivity contribution >= 4 is 43.5 Å². The summed E-state index contributed by atoms with van der Waals surface area (Å²) in [4.78, 5) is 29.7. The number of carbonyl (C=O) groups excluding carboxylic acids is 2. The first-order valence-corrected chi connectivity index (χ1v) is 16.9. The van der Waals surface area contributed by atoms with Gasteiger partial charge in [0.05, 0.1) is 17.7 Å². The van der Waals surface area contributed by atoms with Crippen molar-refractivity contribution < 1.29 is 22.7 Å². The second-order valence-electron chi connectivity index (χ2n) is 10.7. The molecule has 236 valence electrons. The molecule has 1 N–H and O–H groups in total. The number of halogens is 1. The van der Waals surface area contributed by atoms with Crippen LogP contribution in [0.2, 0.25) is 0 Å². The number of nitrogens with one attached hydrogen (secondary N) is 1. The van der Waals surface area contributed by atoms with Gasteiger partial charge in [0.1, 0.15) is 18.3 Å². The lowest BCUT2D eigenvalue weighted by Gasteiger charge is -2.34. The molecular weight excluding hydrogens is 654 g/mol. The molecule has 0 bridgehead atoms. The first-order valence-electron chi connectivity index (χ1n) is 14.7. The third-order valence-electron chi connectivity index (χ3n) is 7.33. The molecule has 4 rings (SSSR count). The number of methoxy groups -OCH3 is 1. The Labute approximate surface area is 274 Å². The predicted molar refractivity (Wildman–Crippen MR) is 181 cm³/mol. The Balaban J connectivity index is 1.79. The highest BCUT2D eigenvalue weighted by Crippen LogP contribution is 2.27. The summed E-state index contributed by atoms with van der Waals surface area (Å²) in [5.41, 5.74) is 2.87. The summed E-state index contributed by atoms with van der Waals surface area (Å²) in [7, 11) is -2.65. The average molecular weight is 693 g/mol. The van der Waals surface area contributed by atoms with Gasteiger partial charge in [-0.3, -0.25) is 13.9 Å². The summed E-state index contributed by atoms with van der Waals surface area (Å²) in [6.45, 7) is 3.86. The van der Waals surface area contributed by atoms with Crippen molar-refractivity contribution in [3.05, 3.63) is 124 Å². The second-order valence-corrected chi connectivity index (χ2v) is 13.4. The molecule has 1 atom stereocenters. The minimum Gasteiger partial charge on any atom is -0.497 e. The van der Waals surface area contributed by atoms with Crippen LogP contribution in [-0.2, 0) is 32.6 Å². The summed E-state index contributed by atoms with van der Waals surface area (Å²) >= 11 is 3.46. The van der Waals surface area contributed by atoms with E-state index in [0.29, 0.717) is 18.0 Å². The molecule has 0 saturated carbocycles. The molecule has 0 aromatic heterocycles. The van der Waals surface area contributed by atoms with E-state index in [1.807, 2.05) is 68.4 Å². The molecule has 1 unspecified atom stereocenters. The molecule has 0 saturated heterocycles. The Kier molecular flexibility index (Phi) is 11.8. The number of nitrogens with zero attached hydrogens (tertiary/aromatic N) is 2. The molecule has 2 amide bonds. The van der Waals surface area contributed by atoms with Gasteiger partial charge >= 0.3 is 0 Å². The van der Waals surface area contributed by atoms with Crippen LogP contribution in [0.4, 0.5) is 5.69 Å². The molecule has 0 aliphatic rings. The van der Waals surface area contributed by atoms with Crippen LogP contribution >= 0.6 is 15.9 Å². The van der Waals surface area contributed by atoms with Crippen LogP contribution in [0, 0.1) is 6.92 Å². The number of hydrogen-bond donors (Lipinski definition) is 1. The van der Waals surface area contributed by atoms with E-state index in [-0.39, 0.29) is 23.8 Å². The molecule has 10 heteroatoms. The SMILES string of the molecule is CCCNC(=O)C(Cc1ccccc1)N(Cc1ccc(Br)cc1)C(=O)CN(c1ccc(OC)cc1)S(=O)(=O)c1ccc(C)cc1. The second kappa shape index (κ2) is 15.7. The first-order chi connectivity index (χ1) is 21.6. The van der Waals surface area contributed by atoms with Gasteiger partial charge in [0, 0.05) is 24.0 Å². The van der Waals surface area contributed by atoms with Gasteiger partial charge in [0.2, 0.25) is 11.8 Å². The Bertz CT molecular complexity index is 1660. The molecule has 8 nitrogen and oxygen atoms in total. The van der Waals surface area contributed by atoms with Crippen LogP contribution < -0.4 is 14.4 Å². The normalized spacial score (nSPS) is 11.8. The van der Waals surface area contributed by atoms with Gasteiger partial charge in [-0.15, -0.1) is 0 Å². The minimum absolute atomic E-state index is 0.0534. The number of anilines is 1. The van der Waals surface area contributed by atoms with Crippen molar-refractivity contribution in [1.29, 1.82) is 0 Å². The van der Waals surface area contributed by atoms with E-state index in [9.17, 15) is 18.0 Å². The van der Waals surface area contributed by atoms with Gasteiger partial charge in [-0.1, -0.05) is 83.0 Å². The summed E-state index contributed by atoms with van der Waals surface area (Å²) in [5, 5.41) is 2.96. The molecule has 0 fully saturated rings. The van der Waals surface area contributed by atoms with Gasteiger partial charge in [-0.25, -0.2) is 8.42 Å². The lowest BCUT2D eigenvalue weighted by Crippen LogP contribution is -2.53. The fraction of sp³-hybridized carbons (Fsp3) is 0.257. The number of hydrogen-bond acceptors (Lipinski definition) is 5. The van der Waals surface area contributed by atoms with Crippen LogP contribution in [0.15, 0.2) is 112 Å². The van der Waals surface area contributed by atoms with E-state index in [0.717, 1.165) is 31.9 Å². The summed E-state index contributed by atoms with van der Waals surface area (Å²) in [6, 6.07) is 29.1. The number of rotatable bonds is 14. The van der Waals surface area contributed by atoms with Crippen molar-refractivity contribution in [3.8, 4) is 5.75 Å². The predicted octanol–water partition coefficient (Wildman–Crippen LogP) is 6.13. The highest BCUT2D eigenvalue weighted by atomic mass is 79.9. The zero-order valence-electron chi connectivity index (χ0n) is 25.6. The lowest BCUT2D eigenvalue weighted by molar-refractivity contribution is -0.140. The highest BCUT2D eigenvalue weighted by Gasteiger charge is 2.34. The Morgan fingerprint density at radius 3 is 2.11 bits per heavy atom. The Morgan fingerprint density at radius 1 is 0.867 bits per heavy atom. The number of benzene rings is 4. The van der Waals surface area contributed by atoms with Gasteiger partial charge in [-0.2, -0.15) is 0 Å². The fourth-order valence-electron chi connectivity index (χ4n) is 4.82. The topological polar surface area (TPSA) is 96.0 Å². The number of aryl methyl sites for hydroxylation is 1. The standard InChI is InChI=1S/C35H38BrN3O5S/c1-4-22-37-35(41)33(23-27-8-6-5-7-9-27)38(24-28-12-14-29(36)15-13-28)34(40)25-39(30-16-18-31(44-3)19-17-30)45(42,43)32-20-10-26(2)11-21-32/h5-21,33H,4,22-25H2,1-3H3,(H,37,41). The first kappa shape index (κ1) is 33.7. The molecule has 0 radical (unpaired) electrons. The van der Waals surface area contributed by atoms with E-state index < -0.39 is 28.5 Å². The van der Waals surface area contributed by atoms with Crippen LogP contribution in [0.5, 0.6) is 5.75 Å². The largest absolute Gasteiger partial charge is 0.497 e. The smallest absolute Gasteiger partial charge is 0.264 e. The Morgan fingerprint density at radius 2 is 1.51 bits per heavy atom. The molecule has 0 heterocycles. The molecule has 4 aromatic carbocycles. The molecule has 0 spiro atoms.